The Labute approximate surface area is 212 Å². The standard InChI is InChI=1S/C26H33N3O6S/c1-34-24-10-9-23(36(32,33)29-13-15-35-16-14-29)17-22(24)8-11-25(30)27-18-20-4-6-21(7-5-20)19-28-12-2-3-26(28)31/h4-7,9-10,17H,2-3,8,11-16,18-19H2,1H3,(H,27,30). The highest BCUT2D eigenvalue weighted by atomic mass is 32.2. The Morgan fingerprint density at radius 3 is 2.44 bits per heavy atom. The monoisotopic (exact) mass is 515 g/mol. The number of methoxy groups -OCH3 is 1. The van der Waals surface area contributed by atoms with Crippen LogP contribution in [0.3, 0.4) is 0 Å². The molecule has 1 N–H and O–H groups in total. The van der Waals surface area contributed by atoms with Crippen molar-refractivity contribution in [1.82, 2.24) is 14.5 Å². The zero-order chi connectivity index (χ0) is 25.5. The Morgan fingerprint density at radius 1 is 1.06 bits per heavy atom. The number of carbonyl (C=O) groups is 2. The van der Waals surface area contributed by atoms with Gasteiger partial charge in [-0.1, -0.05) is 24.3 Å². The van der Waals surface area contributed by atoms with Gasteiger partial charge in [-0.15, -0.1) is 0 Å². The van der Waals surface area contributed by atoms with Crippen molar-refractivity contribution in [1.29, 1.82) is 0 Å². The van der Waals surface area contributed by atoms with E-state index in [1.807, 2.05) is 29.2 Å². The Bertz CT molecular complexity index is 1180. The van der Waals surface area contributed by atoms with Gasteiger partial charge in [-0.05, 0) is 47.7 Å². The second-order valence-corrected chi connectivity index (χ2v) is 10.9. The first kappa shape index (κ1) is 26.1. The van der Waals surface area contributed by atoms with Crippen LogP contribution < -0.4 is 10.1 Å². The van der Waals surface area contributed by atoms with E-state index in [0.29, 0.717) is 63.5 Å². The number of morpholine rings is 1. The molecule has 0 saturated carbocycles. The zero-order valence-electron chi connectivity index (χ0n) is 20.6. The Kier molecular flexibility index (Phi) is 8.60. The summed E-state index contributed by atoms with van der Waals surface area (Å²) in [6.45, 7) is 3.22. The minimum atomic E-state index is -3.63. The molecule has 2 amide bonds. The zero-order valence-corrected chi connectivity index (χ0v) is 21.4. The van der Waals surface area contributed by atoms with E-state index in [-0.39, 0.29) is 23.1 Å². The Hall–Kier alpha value is -2.95. The van der Waals surface area contributed by atoms with E-state index in [0.717, 1.165) is 24.1 Å². The second-order valence-electron chi connectivity index (χ2n) is 9.00. The summed E-state index contributed by atoms with van der Waals surface area (Å²) >= 11 is 0. The minimum absolute atomic E-state index is 0.134. The molecule has 0 aromatic heterocycles. The predicted octanol–water partition coefficient (Wildman–Crippen LogP) is 2.09. The van der Waals surface area contributed by atoms with Crippen LogP contribution in [0.25, 0.3) is 0 Å². The lowest BCUT2D eigenvalue weighted by Gasteiger charge is -2.26. The summed E-state index contributed by atoms with van der Waals surface area (Å²) in [6, 6.07) is 12.7. The highest BCUT2D eigenvalue weighted by molar-refractivity contribution is 7.89. The van der Waals surface area contributed by atoms with Gasteiger partial charge in [0.15, 0.2) is 0 Å². The molecule has 2 aliphatic heterocycles. The van der Waals surface area contributed by atoms with Gasteiger partial charge in [0.05, 0.1) is 25.2 Å². The molecule has 2 aromatic rings. The van der Waals surface area contributed by atoms with Crippen LogP contribution in [-0.2, 0) is 43.9 Å². The molecule has 2 saturated heterocycles. The highest BCUT2D eigenvalue weighted by Gasteiger charge is 2.27. The number of sulfonamides is 1. The van der Waals surface area contributed by atoms with E-state index in [1.54, 1.807) is 12.1 Å². The molecule has 10 heteroatoms. The number of ether oxygens (including phenoxy) is 2. The first-order chi connectivity index (χ1) is 17.4. The first-order valence-electron chi connectivity index (χ1n) is 12.2. The number of likely N-dealkylation sites (tertiary alicyclic amines) is 1. The molecule has 2 fully saturated rings. The van der Waals surface area contributed by atoms with Crippen LogP contribution in [0.4, 0.5) is 0 Å². The molecule has 2 aromatic carbocycles. The maximum absolute atomic E-state index is 13.0. The maximum atomic E-state index is 13.0. The second kappa shape index (κ2) is 11.9. The van der Waals surface area contributed by atoms with Gasteiger partial charge >= 0.3 is 0 Å². The molecule has 4 rings (SSSR count). The summed E-state index contributed by atoms with van der Waals surface area (Å²) in [7, 11) is -2.11. The lowest BCUT2D eigenvalue weighted by Crippen LogP contribution is -2.40. The molecule has 0 aliphatic carbocycles. The van der Waals surface area contributed by atoms with Gasteiger partial charge in [-0.2, -0.15) is 4.31 Å². The summed E-state index contributed by atoms with van der Waals surface area (Å²) in [6.07, 6.45) is 2.10. The van der Waals surface area contributed by atoms with Crippen LogP contribution in [0.2, 0.25) is 0 Å². The van der Waals surface area contributed by atoms with Gasteiger partial charge in [0.1, 0.15) is 5.75 Å². The molecule has 0 bridgehead atoms. The van der Waals surface area contributed by atoms with Crippen LogP contribution in [0, 0.1) is 0 Å². The quantitative estimate of drug-likeness (QED) is 0.520. The number of nitrogens with one attached hydrogen (secondary N) is 1. The smallest absolute Gasteiger partial charge is 0.243 e. The van der Waals surface area contributed by atoms with Gasteiger partial charge < -0.3 is 19.7 Å². The van der Waals surface area contributed by atoms with E-state index in [4.69, 9.17) is 9.47 Å². The fraction of sp³-hybridized carbons (Fsp3) is 0.462. The average molecular weight is 516 g/mol. The molecule has 0 radical (unpaired) electrons. The molecule has 0 spiro atoms. The van der Waals surface area contributed by atoms with Gasteiger partial charge in [-0.25, -0.2) is 8.42 Å². The number of benzene rings is 2. The van der Waals surface area contributed by atoms with Crippen molar-refractivity contribution in [3.63, 3.8) is 0 Å². The highest BCUT2D eigenvalue weighted by Crippen LogP contribution is 2.26. The third-order valence-corrected chi connectivity index (χ3v) is 8.43. The largest absolute Gasteiger partial charge is 0.496 e. The Morgan fingerprint density at radius 2 is 1.78 bits per heavy atom. The molecule has 0 unspecified atom stereocenters. The molecule has 2 heterocycles. The van der Waals surface area contributed by atoms with E-state index in [2.05, 4.69) is 5.32 Å². The number of hydrogen-bond donors (Lipinski definition) is 1. The predicted molar refractivity (Wildman–Crippen MR) is 134 cm³/mol. The number of nitrogens with zero attached hydrogens (tertiary/aromatic N) is 2. The number of amides is 2. The van der Waals surface area contributed by atoms with Crippen LogP contribution in [0.5, 0.6) is 5.75 Å². The average Bonchev–Trinajstić information content (AvgIpc) is 3.31. The Balaban J connectivity index is 1.31. The van der Waals surface area contributed by atoms with E-state index in [1.165, 1.54) is 17.5 Å². The van der Waals surface area contributed by atoms with Crippen molar-refractivity contribution < 1.29 is 27.5 Å². The van der Waals surface area contributed by atoms with E-state index >= 15 is 0 Å². The fourth-order valence-electron chi connectivity index (χ4n) is 4.44. The van der Waals surface area contributed by atoms with Crippen molar-refractivity contribution >= 4 is 21.8 Å². The summed E-state index contributed by atoms with van der Waals surface area (Å²) in [5.74, 6) is 0.619. The maximum Gasteiger partial charge on any atom is 0.243 e. The van der Waals surface area contributed by atoms with Crippen LogP contribution in [0.1, 0.15) is 36.0 Å². The minimum Gasteiger partial charge on any atom is -0.496 e. The molecule has 2 aliphatic rings. The molecule has 9 nitrogen and oxygen atoms in total. The lowest BCUT2D eigenvalue weighted by molar-refractivity contribution is -0.128. The third-order valence-electron chi connectivity index (χ3n) is 6.54. The van der Waals surface area contributed by atoms with Gasteiger partial charge in [0, 0.05) is 45.6 Å². The van der Waals surface area contributed by atoms with Crippen LogP contribution >= 0.6 is 0 Å². The van der Waals surface area contributed by atoms with Crippen LogP contribution in [0.15, 0.2) is 47.4 Å². The van der Waals surface area contributed by atoms with Crippen LogP contribution in [-0.4, -0.2) is 69.4 Å². The summed E-state index contributed by atoms with van der Waals surface area (Å²) in [4.78, 5) is 26.4. The van der Waals surface area contributed by atoms with E-state index in [9.17, 15) is 18.0 Å². The lowest BCUT2D eigenvalue weighted by atomic mass is 10.1. The molecular weight excluding hydrogens is 482 g/mol. The molecular formula is C26H33N3O6S. The van der Waals surface area contributed by atoms with Crippen molar-refractivity contribution in [3.8, 4) is 5.75 Å². The summed E-state index contributed by atoms with van der Waals surface area (Å²) in [5.41, 5.74) is 2.71. The topological polar surface area (TPSA) is 105 Å². The molecule has 194 valence electrons. The normalized spacial score (nSPS) is 16.8. The van der Waals surface area contributed by atoms with Gasteiger partial charge in [-0.3, -0.25) is 9.59 Å². The number of rotatable bonds is 10. The fourth-order valence-corrected chi connectivity index (χ4v) is 5.90. The van der Waals surface area contributed by atoms with E-state index < -0.39 is 10.0 Å². The molecule has 36 heavy (non-hydrogen) atoms. The van der Waals surface area contributed by atoms with Crippen molar-refractivity contribution in [2.24, 2.45) is 0 Å². The van der Waals surface area contributed by atoms with Crippen molar-refractivity contribution in [3.05, 3.63) is 59.2 Å². The van der Waals surface area contributed by atoms with Crippen molar-refractivity contribution in [2.45, 2.75) is 43.7 Å². The SMILES string of the molecule is COc1ccc(S(=O)(=O)N2CCOCC2)cc1CCC(=O)NCc1ccc(CN2CCCC2=O)cc1. The van der Waals surface area contributed by atoms with Gasteiger partial charge in [0.25, 0.3) is 0 Å². The third kappa shape index (κ3) is 6.43. The number of hydrogen-bond acceptors (Lipinski definition) is 6. The summed E-state index contributed by atoms with van der Waals surface area (Å²) < 4.78 is 38.1. The number of aryl methyl sites for hydroxylation is 1. The number of carbonyl (C=O) groups excluding carboxylic acids is 2. The summed E-state index contributed by atoms with van der Waals surface area (Å²) in [5, 5.41) is 2.92. The van der Waals surface area contributed by atoms with Crippen molar-refractivity contribution in [2.75, 3.05) is 40.0 Å². The van der Waals surface area contributed by atoms with Gasteiger partial charge in [0.2, 0.25) is 21.8 Å². The first-order valence-corrected chi connectivity index (χ1v) is 13.7. The molecule has 0 atom stereocenters.